The quantitative estimate of drug-likeness (QED) is 0.670. The Morgan fingerprint density at radius 3 is 2.56 bits per heavy atom. The van der Waals surface area contributed by atoms with Gasteiger partial charge in [0.15, 0.2) is 0 Å². The van der Waals surface area contributed by atoms with Gasteiger partial charge in [0, 0.05) is 21.0 Å². The first-order valence-electron chi connectivity index (χ1n) is 5.15. The summed E-state index contributed by atoms with van der Waals surface area (Å²) in [5.74, 6) is 0. The molecule has 0 aliphatic heterocycles. The summed E-state index contributed by atoms with van der Waals surface area (Å²) < 4.78 is 0.984. The number of halogens is 2. The molecule has 0 radical (unpaired) electrons. The summed E-state index contributed by atoms with van der Waals surface area (Å²) in [7, 11) is 0. The Morgan fingerprint density at radius 2 is 1.94 bits per heavy atom. The van der Waals surface area contributed by atoms with Crippen molar-refractivity contribution in [3.8, 4) is 0 Å². The van der Waals surface area contributed by atoms with E-state index in [1.165, 1.54) is 0 Å². The largest absolute Gasteiger partial charge is 0.251 e. The van der Waals surface area contributed by atoms with Crippen LogP contribution in [-0.2, 0) is 5.41 Å². The van der Waals surface area contributed by atoms with Gasteiger partial charge in [0.1, 0.15) is 0 Å². The lowest BCUT2D eigenvalue weighted by Crippen LogP contribution is -2.13. The molecule has 2 aromatic rings. The first kappa shape index (κ1) is 11.9. The van der Waals surface area contributed by atoms with Crippen molar-refractivity contribution in [3.63, 3.8) is 0 Å². The van der Waals surface area contributed by atoms with Crippen molar-refractivity contribution in [2.45, 2.75) is 26.2 Å². The molecular formula is C13H13BrClN. The molecule has 1 aromatic carbocycles. The lowest BCUT2D eigenvalue weighted by molar-refractivity contribution is 0.571. The monoisotopic (exact) mass is 297 g/mol. The first-order valence-corrected chi connectivity index (χ1v) is 6.32. The van der Waals surface area contributed by atoms with Gasteiger partial charge >= 0.3 is 0 Å². The van der Waals surface area contributed by atoms with Crippen LogP contribution >= 0.6 is 27.5 Å². The van der Waals surface area contributed by atoms with Crippen LogP contribution in [0.25, 0.3) is 10.9 Å². The molecule has 0 spiro atoms. The number of hydrogen-bond donors (Lipinski definition) is 0. The van der Waals surface area contributed by atoms with Crippen molar-refractivity contribution in [3.05, 3.63) is 39.5 Å². The molecule has 84 valence electrons. The smallest absolute Gasteiger partial charge is 0.0862 e. The second-order valence-corrected chi connectivity index (χ2v) is 6.14. The fourth-order valence-electron chi connectivity index (χ4n) is 1.56. The second-order valence-electron chi connectivity index (χ2n) is 4.88. The van der Waals surface area contributed by atoms with Gasteiger partial charge in [-0.1, -0.05) is 44.5 Å². The van der Waals surface area contributed by atoms with Crippen LogP contribution in [0.3, 0.4) is 0 Å². The Balaban J connectivity index is 2.81. The van der Waals surface area contributed by atoms with Crippen LogP contribution in [0.5, 0.6) is 0 Å². The van der Waals surface area contributed by atoms with Crippen molar-refractivity contribution >= 4 is 38.4 Å². The molecule has 2 rings (SSSR count). The molecule has 0 aliphatic rings. The number of rotatable bonds is 0. The minimum Gasteiger partial charge on any atom is -0.251 e. The van der Waals surface area contributed by atoms with Gasteiger partial charge in [-0.25, -0.2) is 0 Å². The molecule has 0 saturated heterocycles. The summed E-state index contributed by atoms with van der Waals surface area (Å²) in [6.45, 7) is 6.40. The van der Waals surface area contributed by atoms with Crippen molar-refractivity contribution < 1.29 is 0 Å². The molecule has 0 bridgehead atoms. The van der Waals surface area contributed by atoms with Crippen LogP contribution in [0.1, 0.15) is 26.5 Å². The Morgan fingerprint density at radius 1 is 1.25 bits per heavy atom. The van der Waals surface area contributed by atoms with Gasteiger partial charge in [-0.2, -0.15) is 0 Å². The maximum absolute atomic E-state index is 6.28. The molecule has 0 amide bonds. The predicted molar refractivity (Wildman–Crippen MR) is 73.2 cm³/mol. The molecule has 0 N–H and O–H groups in total. The van der Waals surface area contributed by atoms with Crippen LogP contribution in [0, 0.1) is 0 Å². The van der Waals surface area contributed by atoms with Gasteiger partial charge in [0.05, 0.1) is 10.5 Å². The molecule has 1 aromatic heterocycles. The zero-order chi connectivity index (χ0) is 11.9. The van der Waals surface area contributed by atoms with Crippen LogP contribution < -0.4 is 0 Å². The third kappa shape index (κ3) is 2.09. The first-order chi connectivity index (χ1) is 7.39. The lowest BCUT2D eigenvalue weighted by Gasteiger charge is -2.19. The van der Waals surface area contributed by atoms with Gasteiger partial charge in [-0.15, -0.1) is 0 Å². The average Bonchev–Trinajstić information content (AvgIpc) is 2.18. The maximum atomic E-state index is 6.28. The van der Waals surface area contributed by atoms with Crippen LogP contribution in [0.15, 0.2) is 28.7 Å². The number of benzene rings is 1. The molecule has 0 atom stereocenters. The molecule has 1 heterocycles. The van der Waals surface area contributed by atoms with E-state index in [2.05, 4.69) is 41.7 Å². The maximum Gasteiger partial charge on any atom is 0.0862 e. The van der Waals surface area contributed by atoms with Gasteiger partial charge in [0.2, 0.25) is 0 Å². The van der Waals surface area contributed by atoms with E-state index in [9.17, 15) is 0 Å². The van der Waals surface area contributed by atoms with E-state index in [-0.39, 0.29) is 5.41 Å². The highest BCUT2D eigenvalue weighted by Crippen LogP contribution is 2.32. The van der Waals surface area contributed by atoms with Gasteiger partial charge in [0.25, 0.3) is 0 Å². The zero-order valence-electron chi connectivity index (χ0n) is 9.51. The molecule has 16 heavy (non-hydrogen) atoms. The Bertz CT molecular complexity index is 543. The van der Waals surface area contributed by atoms with Crippen LogP contribution in [-0.4, -0.2) is 4.98 Å². The predicted octanol–water partition coefficient (Wildman–Crippen LogP) is 4.95. The van der Waals surface area contributed by atoms with Gasteiger partial charge in [-0.3, -0.25) is 4.98 Å². The van der Waals surface area contributed by atoms with Crippen LogP contribution in [0.4, 0.5) is 0 Å². The number of hydrogen-bond acceptors (Lipinski definition) is 1. The highest BCUT2D eigenvalue weighted by molar-refractivity contribution is 9.10. The van der Waals surface area contributed by atoms with E-state index in [4.69, 9.17) is 11.6 Å². The van der Waals surface area contributed by atoms with E-state index in [1.807, 2.05) is 24.3 Å². The Kier molecular flexibility index (Phi) is 2.97. The second kappa shape index (κ2) is 4.01. The van der Waals surface area contributed by atoms with Crippen molar-refractivity contribution in [2.24, 2.45) is 0 Å². The van der Waals surface area contributed by atoms with Gasteiger partial charge < -0.3 is 0 Å². The molecule has 1 nitrogen and oxygen atoms in total. The van der Waals surface area contributed by atoms with Crippen LogP contribution in [0.2, 0.25) is 5.02 Å². The highest BCUT2D eigenvalue weighted by Gasteiger charge is 2.18. The number of nitrogens with zero attached hydrogens (tertiary/aromatic N) is 1. The summed E-state index contributed by atoms with van der Waals surface area (Å²) in [4.78, 5) is 4.68. The molecule has 0 fully saturated rings. The number of aromatic nitrogens is 1. The molecular weight excluding hydrogens is 286 g/mol. The summed E-state index contributed by atoms with van der Waals surface area (Å²) in [6, 6.07) is 7.90. The average molecular weight is 299 g/mol. The summed E-state index contributed by atoms with van der Waals surface area (Å²) in [5, 5.41) is 1.75. The van der Waals surface area contributed by atoms with Crippen molar-refractivity contribution in [1.82, 2.24) is 4.98 Å². The van der Waals surface area contributed by atoms with E-state index < -0.39 is 0 Å². The van der Waals surface area contributed by atoms with Crippen molar-refractivity contribution in [1.29, 1.82) is 0 Å². The minimum atomic E-state index is 0.00705. The fraction of sp³-hybridized carbons (Fsp3) is 0.308. The van der Waals surface area contributed by atoms with E-state index in [0.29, 0.717) is 0 Å². The zero-order valence-corrected chi connectivity index (χ0v) is 11.9. The highest BCUT2D eigenvalue weighted by atomic mass is 79.9. The van der Waals surface area contributed by atoms with Crippen molar-refractivity contribution in [2.75, 3.05) is 0 Å². The summed E-state index contributed by atoms with van der Waals surface area (Å²) in [5.41, 5.74) is 1.95. The number of fused-ring (bicyclic) bond motifs is 1. The minimum absolute atomic E-state index is 0.00705. The third-order valence-corrected chi connectivity index (χ3v) is 3.46. The standard InChI is InChI=1S/C13H13BrClN/c1-13(2,3)11-7-10(15)8-5-4-6-9(14)12(8)16-11/h4-7H,1-3H3. The molecule has 3 heteroatoms. The Labute approximate surface area is 109 Å². The van der Waals surface area contributed by atoms with E-state index >= 15 is 0 Å². The van der Waals surface area contributed by atoms with E-state index in [0.717, 1.165) is 26.1 Å². The molecule has 0 saturated carbocycles. The topological polar surface area (TPSA) is 12.9 Å². The summed E-state index contributed by atoms with van der Waals surface area (Å²) >= 11 is 9.79. The molecule has 0 unspecified atom stereocenters. The van der Waals surface area contributed by atoms with E-state index in [1.54, 1.807) is 0 Å². The Hall–Kier alpha value is -0.600. The SMILES string of the molecule is CC(C)(C)c1cc(Cl)c2cccc(Br)c2n1. The lowest BCUT2D eigenvalue weighted by atomic mass is 9.91. The number of pyridine rings is 1. The fourth-order valence-corrected chi connectivity index (χ4v) is 2.27. The summed E-state index contributed by atoms with van der Waals surface area (Å²) in [6.07, 6.45) is 0. The third-order valence-electron chi connectivity index (χ3n) is 2.51. The normalized spacial score (nSPS) is 12.1. The van der Waals surface area contributed by atoms with Gasteiger partial charge in [-0.05, 0) is 28.1 Å². The molecule has 0 aliphatic carbocycles. The number of para-hydroxylation sites is 1.